The molecule has 1 aromatic rings. The fourth-order valence-electron chi connectivity index (χ4n) is 2.01. The lowest BCUT2D eigenvalue weighted by atomic mass is 10.1. The van der Waals surface area contributed by atoms with Crippen LogP contribution in [0.4, 0.5) is 4.39 Å². The molecular weight excluding hydrogens is 205 g/mol. The summed E-state index contributed by atoms with van der Waals surface area (Å²) in [5.41, 5.74) is 0.645. The van der Waals surface area contributed by atoms with Gasteiger partial charge in [-0.15, -0.1) is 0 Å². The number of halogens is 1. The van der Waals surface area contributed by atoms with Gasteiger partial charge in [0.1, 0.15) is 5.82 Å². The average molecular weight is 223 g/mol. The third-order valence-corrected chi connectivity index (χ3v) is 3.05. The molecule has 0 radical (unpaired) electrons. The minimum absolute atomic E-state index is 0.176. The van der Waals surface area contributed by atoms with E-state index in [0.29, 0.717) is 12.2 Å². The first-order valence-electron chi connectivity index (χ1n) is 5.88. The summed E-state index contributed by atoms with van der Waals surface area (Å²) in [7, 11) is 0. The molecule has 2 nitrogen and oxygen atoms in total. The van der Waals surface area contributed by atoms with Crippen molar-refractivity contribution < 1.29 is 9.13 Å². The molecule has 3 heteroatoms. The van der Waals surface area contributed by atoms with E-state index in [1.807, 2.05) is 6.07 Å². The predicted octanol–water partition coefficient (Wildman–Crippen LogP) is 2.34. The monoisotopic (exact) mass is 223 g/mol. The van der Waals surface area contributed by atoms with E-state index in [2.05, 4.69) is 5.32 Å². The van der Waals surface area contributed by atoms with E-state index >= 15 is 0 Å². The van der Waals surface area contributed by atoms with Crippen LogP contribution in [0, 0.1) is 11.7 Å². The highest BCUT2D eigenvalue weighted by Crippen LogP contribution is 2.13. The first-order valence-corrected chi connectivity index (χ1v) is 5.88. The molecule has 1 aliphatic heterocycles. The summed E-state index contributed by atoms with van der Waals surface area (Å²) >= 11 is 0. The van der Waals surface area contributed by atoms with Crippen LogP contribution in [0.3, 0.4) is 0 Å². The molecule has 1 heterocycles. The van der Waals surface area contributed by atoms with E-state index in [1.54, 1.807) is 12.1 Å². The van der Waals surface area contributed by atoms with Crippen molar-refractivity contribution >= 4 is 0 Å². The highest BCUT2D eigenvalue weighted by Gasteiger charge is 2.13. The number of nitrogens with one attached hydrogen (secondary N) is 1. The standard InChI is InChI=1S/C13H18FNO/c14-13-4-2-1-3-12(13)10-16-8-6-11-5-7-15-9-11/h1-4,11,15H,5-10H2. The van der Waals surface area contributed by atoms with Crippen LogP contribution in [-0.4, -0.2) is 19.7 Å². The molecule has 0 bridgehead atoms. The molecule has 0 amide bonds. The van der Waals surface area contributed by atoms with Gasteiger partial charge >= 0.3 is 0 Å². The first-order chi connectivity index (χ1) is 7.86. The molecule has 1 aromatic carbocycles. The van der Waals surface area contributed by atoms with Crippen LogP contribution >= 0.6 is 0 Å². The summed E-state index contributed by atoms with van der Waals surface area (Å²) in [5.74, 6) is 0.561. The van der Waals surface area contributed by atoms with E-state index < -0.39 is 0 Å². The highest BCUT2D eigenvalue weighted by molar-refractivity contribution is 5.16. The Kier molecular flexibility index (Phi) is 4.31. The molecule has 1 unspecified atom stereocenters. The van der Waals surface area contributed by atoms with Gasteiger partial charge in [-0.25, -0.2) is 4.39 Å². The summed E-state index contributed by atoms with van der Waals surface area (Å²) in [6.45, 7) is 3.33. The van der Waals surface area contributed by atoms with E-state index in [-0.39, 0.29) is 5.82 Å². The average Bonchev–Trinajstić information content (AvgIpc) is 2.79. The van der Waals surface area contributed by atoms with Gasteiger partial charge in [0.2, 0.25) is 0 Å². The molecule has 1 aliphatic rings. The van der Waals surface area contributed by atoms with Crippen LogP contribution in [0.2, 0.25) is 0 Å². The van der Waals surface area contributed by atoms with Gasteiger partial charge < -0.3 is 10.1 Å². The second-order valence-electron chi connectivity index (χ2n) is 4.29. The zero-order valence-electron chi connectivity index (χ0n) is 9.42. The molecule has 0 saturated carbocycles. The normalized spacial score (nSPS) is 20.2. The van der Waals surface area contributed by atoms with Gasteiger partial charge in [-0.1, -0.05) is 18.2 Å². The Morgan fingerprint density at radius 2 is 2.25 bits per heavy atom. The van der Waals surface area contributed by atoms with Crippen molar-refractivity contribution in [3.8, 4) is 0 Å². The fourth-order valence-corrected chi connectivity index (χ4v) is 2.01. The maximum atomic E-state index is 13.2. The zero-order chi connectivity index (χ0) is 11.2. The lowest BCUT2D eigenvalue weighted by molar-refractivity contribution is 0.107. The van der Waals surface area contributed by atoms with Crippen LogP contribution in [0.5, 0.6) is 0 Å². The Hall–Kier alpha value is -0.930. The topological polar surface area (TPSA) is 21.3 Å². The van der Waals surface area contributed by atoms with Gasteiger partial charge in [0.05, 0.1) is 6.61 Å². The lowest BCUT2D eigenvalue weighted by Crippen LogP contribution is -2.10. The second-order valence-corrected chi connectivity index (χ2v) is 4.29. The third-order valence-electron chi connectivity index (χ3n) is 3.05. The van der Waals surface area contributed by atoms with Crippen LogP contribution in [0.1, 0.15) is 18.4 Å². The van der Waals surface area contributed by atoms with Gasteiger partial charge in [-0.3, -0.25) is 0 Å². The Balaban J connectivity index is 1.66. The summed E-state index contributed by atoms with van der Waals surface area (Å²) in [6.07, 6.45) is 2.31. The number of hydrogen-bond acceptors (Lipinski definition) is 2. The highest BCUT2D eigenvalue weighted by atomic mass is 19.1. The van der Waals surface area contributed by atoms with Crippen LogP contribution in [0.15, 0.2) is 24.3 Å². The Morgan fingerprint density at radius 3 is 3.00 bits per heavy atom. The van der Waals surface area contributed by atoms with Crippen LogP contribution in [0.25, 0.3) is 0 Å². The second kappa shape index (κ2) is 5.97. The smallest absolute Gasteiger partial charge is 0.128 e. The van der Waals surface area contributed by atoms with E-state index in [0.717, 1.165) is 32.0 Å². The van der Waals surface area contributed by atoms with E-state index in [4.69, 9.17) is 4.74 Å². The maximum absolute atomic E-state index is 13.2. The minimum Gasteiger partial charge on any atom is -0.377 e. The number of hydrogen-bond donors (Lipinski definition) is 1. The third kappa shape index (κ3) is 3.29. The summed E-state index contributed by atoms with van der Waals surface area (Å²) in [5, 5.41) is 3.32. The Bertz CT molecular complexity index is 323. The molecule has 1 saturated heterocycles. The van der Waals surface area contributed by atoms with Crippen LogP contribution < -0.4 is 5.32 Å². The minimum atomic E-state index is -0.176. The first kappa shape index (κ1) is 11.6. The lowest BCUT2D eigenvalue weighted by Gasteiger charge is -2.09. The quantitative estimate of drug-likeness (QED) is 0.774. The summed E-state index contributed by atoms with van der Waals surface area (Å²) in [4.78, 5) is 0. The van der Waals surface area contributed by atoms with Crippen molar-refractivity contribution in [2.75, 3.05) is 19.7 Å². The molecule has 1 N–H and O–H groups in total. The zero-order valence-corrected chi connectivity index (χ0v) is 9.42. The number of rotatable bonds is 5. The molecule has 88 valence electrons. The van der Waals surface area contributed by atoms with E-state index in [1.165, 1.54) is 12.5 Å². The molecule has 1 fully saturated rings. The van der Waals surface area contributed by atoms with Gasteiger partial charge in [0.25, 0.3) is 0 Å². The van der Waals surface area contributed by atoms with Crippen molar-refractivity contribution in [1.82, 2.24) is 5.32 Å². The van der Waals surface area contributed by atoms with Crippen molar-refractivity contribution in [1.29, 1.82) is 0 Å². The van der Waals surface area contributed by atoms with Gasteiger partial charge in [0.15, 0.2) is 0 Å². The molecule has 1 atom stereocenters. The van der Waals surface area contributed by atoms with Crippen molar-refractivity contribution in [2.45, 2.75) is 19.4 Å². The SMILES string of the molecule is Fc1ccccc1COCCC1CCNC1. The molecule has 0 spiro atoms. The van der Waals surface area contributed by atoms with Gasteiger partial charge in [-0.05, 0) is 37.9 Å². The molecular formula is C13H18FNO. The number of benzene rings is 1. The van der Waals surface area contributed by atoms with Crippen LogP contribution in [-0.2, 0) is 11.3 Å². The molecule has 2 rings (SSSR count). The van der Waals surface area contributed by atoms with Crippen molar-refractivity contribution in [2.24, 2.45) is 5.92 Å². The number of ether oxygens (including phenoxy) is 1. The summed E-state index contributed by atoms with van der Waals surface area (Å²) in [6, 6.07) is 6.78. The summed E-state index contributed by atoms with van der Waals surface area (Å²) < 4.78 is 18.7. The largest absolute Gasteiger partial charge is 0.377 e. The Morgan fingerprint density at radius 1 is 1.38 bits per heavy atom. The fraction of sp³-hybridized carbons (Fsp3) is 0.538. The van der Waals surface area contributed by atoms with Crippen molar-refractivity contribution in [3.63, 3.8) is 0 Å². The van der Waals surface area contributed by atoms with Gasteiger partial charge in [-0.2, -0.15) is 0 Å². The van der Waals surface area contributed by atoms with E-state index in [9.17, 15) is 4.39 Å². The Labute approximate surface area is 95.8 Å². The predicted molar refractivity (Wildman–Crippen MR) is 61.6 cm³/mol. The van der Waals surface area contributed by atoms with Gasteiger partial charge in [0, 0.05) is 12.2 Å². The molecule has 16 heavy (non-hydrogen) atoms. The molecule has 0 aromatic heterocycles. The maximum Gasteiger partial charge on any atom is 0.128 e. The van der Waals surface area contributed by atoms with Crippen molar-refractivity contribution in [3.05, 3.63) is 35.6 Å². The molecule has 0 aliphatic carbocycles.